The number of rotatable bonds is 4. The lowest BCUT2D eigenvalue weighted by Crippen LogP contribution is -2.22. The summed E-state index contributed by atoms with van der Waals surface area (Å²) in [4.78, 5) is 10.8. The fourth-order valence-electron chi connectivity index (χ4n) is 8.75. The molecule has 0 aliphatic heterocycles. The number of para-hydroxylation sites is 1. The van der Waals surface area contributed by atoms with Gasteiger partial charge in [0.15, 0.2) is 0 Å². The minimum atomic E-state index is -0.288. The molecule has 7 aromatic carbocycles. The third-order valence-electron chi connectivity index (χ3n) is 11.1. The average Bonchev–Trinajstić information content (AvgIpc) is 3.85. The Morgan fingerprint density at radius 1 is 0.500 bits per heavy atom. The van der Waals surface area contributed by atoms with Crippen molar-refractivity contribution in [2.45, 2.75) is 12.3 Å². The highest BCUT2D eigenvalue weighted by molar-refractivity contribution is 7.25. The zero-order chi connectivity index (χ0) is 34.4. The van der Waals surface area contributed by atoms with E-state index in [2.05, 4.69) is 181 Å². The van der Waals surface area contributed by atoms with Gasteiger partial charge in [-0.25, -0.2) is 9.97 Å². The lowest BCUT2D eigenvalue weighted by molar-refractivity contribution is 0.714. The fourth-order valence-corrected chi connectivity index (χ4v) is 9.89. The lowest BCUT2D eigenvalue weighted by atomic mass is 9.74. The van der Waals surface area contributed by atoms with E-state index in [1.165, 1.54) is 58.8 Å². The van der Waals surface area contributed by atoms with Crippen LogP contribution in [0.4, 0.5) is 0 Å². The van der Waals surface area contributed by atoms with Crippen molar-refractivity contribution in [1.82, 2.24) is 14.5 Å². The van der Waals surface area contributed by atoms with E-state index in [-0.39, 0.29) is 5.41 Å². The molecule has 0 amide bonds. The van der Waals surface area contributed by atoms with Gasteiger partial charge >= 0.3 is 0 Å². The van der Waals surface area contributed by atoms with Crippen molar-refractivity contribution in [2.24, 2.45) is 0 Å². The molecule has 0 saturated heterocycles. The van der Waals surface area contributed by atoms with E-state index in [4.69, 9.17) is 9.97 Å². The molecule has 11 rings (SSSR count). The molecule has 52 heavy (non-hydrogen) atoms. The summed E-state index contributed by atoms with van der Waals surface area (Å²) in [5.74, 6) is 0.663. The zero-order valence-corrected chi connectivity index (χ0v) is 29.2. The van der Waals surface area contributed by atoms with Gasteiger partial charge in [-0.2, -0.15) is 0 Å². The van der Waals surface area contributed by atoms with Crippen LogP contribution in [0.2, 0.25) is 0 Å². The van der Waals surface area contributed by atoms with Crippen LogP contribution >= 0.6 is 11.3 Å². The molecule has 4 heteroatoms. The van der Waals surface area contributed by atoms with Crippen LogP contribution < -0.4 is 0 Å². The second-order valence-corrected chi connectivity index (χ2v) is 14.9. The summed E-state index contributed by atoms with van der Waals surface area (Å²) < 4.78 is 4.82. The topological polar surface area (TPSA) is 30.7 Å². The highest BCUT2D eigenvalue weighted by Crippen LogP contribution is 2.55. The number of fused-ring (bicyclic) bond motifs is 10. The van der Waals surface area contributed by atoms with E-state index >= 15 is 0 Å². The number of benzene rings is 7. The maximum absolute atomic E-state index is 5.48. The van der Waals surface area contributed by atoms with Gasteiger partial charge in [-0.3, -0.25) is 4.57 Å². The van der Waals surface area contributed by atoms with Gasteiger partial charge in [-0.05, 0) is 65.1 Å². The molecule has 0 radical (unpaired) electrons. The molecule has 10 aromatic rings. The summed E-state index contributed by atoms with van der Waals surface area (Å²) in [5.41, 5.74) is 12.4. The maximum Gasteiger partial charge on any atom is 0.235 e. The van der Waals surface area contributed by atoms with Crippen molar-refractivity contribution in [3.8, 4) is 39.6 Å². The Balaban J connectivity index is 1.24. The van der Waals surface area contributed by atoms with Crippen molar-refractivity contribution < 1.29 is 0 Å². The Morgan fingerprint density at radius 2 is 1.17 bits per heavy atom. The van der Waals surface area contributed by atoms with Crippen LogP contribution in [0.1, 0.15) is 23.6 Å². The Morgan fingerprint density at radius 3 is 2.04 bits per heavy atom. The fraction of sp³-hybridized carbons (Fsp3) is 0.0417. The van der Waals surface area contributed by atoms with Gasteiger partial charge in [0, 0.05) is 47.5 Å². The molecule has 0 spiro atoms. The Labute approximate surface area is 305 Å². The largest absolute Gasteiger partial charge is 0.278 e. The Hall–Kier alpha value is -6.36. The molecular formula is C48H31N3S. The van der Waals surface area contributed by atoms with Gasteiger partial charge in [0.1, 0.15) is 0 Å². The summed E-state index contributed by atoms with van der Waals surface area (Å²) in [5, 5.41) is 4.93. The van der Waals surface area contributed by atoms with Crippen molar-refractivity contribution >= 4 is 53.3 Å². The Bertz CT molecular complexity index is 3030. The first-order chi connectivity index (χ1) is 25.7. The molecule has 3 aromatic heterocycles. The van der Waals surface area contributed by atoms with Gasteiger partial charge in [-0.15, -0.1) is 11.3 Å². The third kappa shape index (κ3) is 4.07. The molecule has 0 fully saturated rings. The summed E-state index contributed by atoms with van der Waals surface area (Å²) in [6.45, 7) is 2.38. The third-order valence-corrected chi connectivity index (χ3v) is 12.3. The van der Waals surface area contributed by atoms with Gasteiger partial charge in [-0.1, -0.05) is 140 Å². The summed E-state index contributed by atoms with van der Waals surface area (Å²) in [6, 6.07) is 61.2. The molecule has 0 saturated carbocycles. The maximum atomic E-state index is 5.48. The predicted molar refractivity (Wildman–Crippen MR) is 218 cm³/mol. The highest BCUT2D eigenvalue weighted by atomic mass is 32.1. The molecular weight excluding hydrogens is 651 g/mol. The molecule has 1 aliphatic rings. The van der Waals surface area contributed by atoms with Crippen LogP contribution in [0.15, 0.2) is 170 Å². The summed E-state index contributed by atoms with van der Waals surface area (Å²) in [7, 11) is 0. The molecule has 244 valence electrons. The average molecular weight is 682 g/mol. The monoisotopic (exact) mass is 681 g/mol. The van der Waals surface area contributed by atoms with Gasteiger partial charge in [0.05, 0.1) is 22.4 Å². The van der Waals surface area contributed by atoms with Crippen molar-refractivity contribution in [1.29, 1.82) is 0 Å². The summed E-state index contributed by atoms with van der Waals surface area (Å²) >= 11 is 1.83. The second kappa shape index (κ2) is 11.1. The first-order valence-electron chi connectivity index (χ1n) is 17.8. The molecule has 1 unspecified atom stereocenters. The van der Waals surface area contributed by atoms with E-state index < -0.39 is 0 Å². The number of hydrogen-bond donors (Lipinski definition) is 0. The van der Waals surface area contributed by atoms with E-state index in [0.29, 0.717) is 5.95 Å². The van der Waals surface area contributed by atoms with E-state index in [9.17, 15) is 0 Å². The number of thiophene rings is 1. The normalized spacial score (nSPS) is 15.1. The van der Waals surface area contributed by atoms with Crippen LogP contribution in [0.3, 0.4) is 0 Å². The standard InChI is InChI=1S/C48H31N3S/c1-48(31-17-6-3-7-18-31)36-23-11-8-19-32(36)45-37(48)27-28-41-46(45)34-20-9-12-24-40(34)51(41)47-49-38(30-15-4-2-5-16-30)29-39(50-47)33-22-14-26-43-44(33)35-21-10-13-25-42(35)52-43/h2-29H,1H3. The van der Waals surface area contributed by atoms with Crippen LogP contribution in [0, 0.1) is 0 Å². The SMILES string of the molecule is CC1(c2ccccc2)c2ccccc2-c2c1ccc1c2c2ccccc2n1-c1nc(-c2ccccc2)cc(-c2cccc3sc4ccccc4c23)n1. The van der Waals surface area contributed by atoms with E-state index in [0.717, 1.165) is 33.5 Å². The quantitative estimate of drug-likeness (QED) is 0.185. The Kier molecular flexibility index (Phi) is 6.25. The van der Waals surface area contributed by atoms with E-state index in [1.807, 2.05) is 11.3 Å². The number of nitrogens with zero attached hydrogens (tertiary/aromatic N) is 3. The van der Waals surface area contributed by atoms with Crippen LogP contribution in [-0.2, 0) is 5.41 Å². The highest BCUT2D eigenvalue weighted by Gasteiger charge is 2.42. The minimum absolute atomic E-state index is 0.288. The van der Waals surface area contributed by atoms with Gasteiger partial charge in [0.25, 0.3) is 0 Å². The molecule has 0 bridgehead atoms. The molecule has 3 nitrogen and oxygen atoms in total. The smallest absolute Gasteiger partial charge is 0.235 e. The van der Waals surface area contributed by atoms with Crippen LogP contribution in [0.25, 0.3) is 81.6 Å². The minimum Gasteiger partial charge on any atom is -0.278 e. The van der Waals surface area contributed by atoms with Gasteiger partial charge in [0.2, 0.25) is 5.95 Å². The summed E-state index contributed by atoms with van der Waals surface area (Å²) in [6.07, 6.45) is 0. The van der Waals surface area contributed by atoms with Crippen LogP contribution in [-0.4, -0.2) is 14.5 Å². The zero-order valence-electron chi connectivity index (χ0n) is 28.4. The lowest BCUT2D eigenvalue weighted by Gasteiger charge is -2.28. The molecule has 3 heterocycles. The number of hydrogen-bond acceptors (Lipinski definition) is 3. The van der Waals surface area contributed by atoms with Crippen molar-refractivity contribution in [3.63, 3.8) is 0 Å². The molecule has 1 aliphatic carbocycles. The second-order valence-electron chi connectivity index (χ2n) is 13.9. The van der Waals surface area contributed by atoms with Crippen molar-refractivity contribution in [2.75, 3.05) is 0 Å². The van der Waals surface area contributed by atoms with Crippen molar-refractivity contribution in [3.05, 3.63) is 187 Å². The number of aromatic nitrogens is 3. The van der Waals surface area contributed by atoms with E-state index in [1.54, 1.807) is 0 Å². The molecule has 0 N–H and O–H groups in total. The van der Waals surface area contributed by atoms with Gasteiger partial charge < -0.3 is 0 Å². The first kappa shape index (κ1) is 29.4. The van der Waals surface area contributed by atoms with Crippen LogP contribution in [0.5, 0.6) is 0 Å². The predicted octanol–water partition coefficient (Wildman–Crippen LogP) is 12.6. The molecule has 1 atom stereocenters. The first-order valence-corrected chi connectivity index (χ1v) is 18.6.